The highest BCUT2D eigenvalue weighted by atomic mass is 32.1. The van der Waals surface area contributed by atoms with E-state index in [2.05, 4.69) is 9.72 Å². The molecular formula is C21H21N3O3S. The molecule has 4 aromatic rings. The van der Waals surface area contributed by atoms with Crippen LogP contribution >= 0.6 is 11.3 Å². The number of hydrogen-bond donors (Lipinski definition) is 1. The molecule has 6 nitrogen and oxygen atoms in total. The van der Waals surface area contributed by atoms with Crippen LogP contribution in [-0.2, 0) is 4.74 Å². The monoisotopic (exact) mass is 395 g/mol. The van der Waals surface area contributed by atoms with Crippen LogP contribution in [-0.4, -0.2) is 42.2 Å². The van der Waals surface area contributed by atoms with E-state index in [0.29, 0.717) is 25.3 Å². The Hall–Kier alpha value is -2.90. The quantitative estimate of drug-likeness (QED) is 0.481. The standard InChI is InChI=1S/C21H21N3O3S/c1-3-27-16-7-4-14(5-8-16)17-13-24-18-9-6-15(20(25)22-10-11-26-2)12-19(18)28-21(24)23-17/h4-9,12-13H,3,10-11H2,1-2H3,(H,22,25). The first-order chi connectivity index (χ1) is 13.7. The number of methoxy groups -OCH3 is 1. The lowest BCUT2D eigenvalue weighted by molar-refractivity contribution is 0.0937. The zero-order chi connectivity index (χ0) is 19.5. The van der Waals surface area contributed by atoms with Crippen molar-refractivity contribution in [2.24, 2.45) is 0 Å². The van der Waals surface area contributed by atoms with E-state index < -0.39 is 0 Å². The van der Waals surface area contributed by atoms with E-state index >= 15 is 0 Å². The highest BCUT2D eigenvalue weighted by Gasteiger charge is 2.13. The van der Waals surface area contributed by atoms with E-state index in [1.807, 2.05) is 55.6 Å². The molecule has 0 saturated heterocycles. The van der Waals surface area contributed by atoms with Crippen molar-refractivity contribution in [1.29, 1.82) is 0 Å². The topological polar surface area (TPSA) is 64.9 Å². The Kier molecular flexibility index (Phi) is 5.27. The van der Waals surface area contributed by atoms with Gasteiger partial charge in [-0.25, -0.2) is 4.98 Å². The first-order valence-corrected chi connectivity index (χ1v) is 9.93. The predicted molar refractivity (Wildman–Crippen MR) is 111 cm³/mol. The van der Waals surface area contributed by atoms with Crippen molar-refractivity contribution in [3.8, 4) is 17.0 Å². The number of hydrogen-bond acceptors (Lipinski definition) is 5. The van der Waals surface area contributed by atoms with Gasteiger partial charge in [0.2, 0.25) is 0 Å². The Balaban J connectivity index is 1.61. The van der Waals surface area contributed by atoms with Gasteiger partial charge in [-0.2, -0.15) is 0 Å². The average molecular weight is 395 g/mol. The molecule has 1 N–H and O–H groups in total. The number of nitrogens with one attached hydrogen (secondary N) is 1. The fraction of sp³-hybridized carbons (Fsp3) is 0.238. The zero-order valence-electron chi connectivity index (χ0n) is 15.8. The molecule has 0 bridgehead atoms. The van der Waals surface area contributed by atoms with Gasteiger partial charge in [-0.1, -0.05) is 11.3 Å². The molecule has 0 aliphatic heterocycles. The van der Waals surface area contributed by atoms with E-state index in [1.165, 1.54) is 0 Å². The van der Waals surface area contributed by atoms with E-state index in [1.54, 1.807) is 18.4 Å². The molecule has 0 radical (unpaired) electrons. The molecule has 4 rings (SSSR count). The van der Waals surface area contributed by atoms with Crippen LogP contribution < -0.4 is 10.1 Å². The van der Waals surface area contributed by atoms with Crippen LogP contribution in [0.4, 0.5) is 0 Å². The van der Waals surface area contributed by atoms with Gasteiger partial charge in [0.25, 0.3) is 5.91 Å². The minimum Gasteiger partial charge on any atom is -0.494 e. The molecule has 0 atom stereocenters. The maximum atomic E-state index is 12.2. The summed E-state index contributed by atoms with van der Waals surface area (Å²) in [5, 5.41) is 2.84. The first kappa shape index (κ1) is 18.5. The smallest absolute Gasteiger partial charge is 0.251 e. The van der Waals surface area contributed by atoms with E-state index in [-0.39, 0.29) is 5.91 Å². The van der Waals surface area contributed by atoms with Gasteiger partial charge < -0.3 is 14.8 Å². The van der Waals surface area contributed by atoms with Crippen molar-refractivity contribution in [2.75, 3.05) is 26.9 Å². The summed E-state index contributed by atoms with van der Waals surface area (Å²) < 4.78 is 13.6. The molecule has 0 spiro atoms. The van der Waals surface area contributed by atoms with Crippen LogP contribution in [0.1, 0.15) is 17.3 Å². The third-order valence-corrected chi connectivity index (χ3v) is 5.43. The number of benzene rings is 2. The number of rotatable bonds is 7. The molecule has 0 unspecified atom stereocenters. The van der Waals surface area contributed by atoms with Crippen LogP contribution in [0, 0.1) is 0 Å². The molecule has 2 heterocycles. The second-order valence-electron chi connectivity index (χ2n) is 6.27. The van der Waals surface area contributed by atoms with Gasteiger partial charge in [-0.05, 0) is 49.4 Å². The average Bonchev–Trinajstić information content (AvgIpc) is 3.26. The van der Waals surface area contributed by atoms with Gasteiger partial charge in [0.1, 0.15) is 5.75 Å². The molecule has 0 aliphatic carbocycles. The highest BCUT2D eigenvalue weighted by Crippen LogP contribution is 2.30. The number of thiazole rings is 1. The molecule has 0 aliphatic rings. The molecular weight excluding hydrogens is 374 g/mol. The Bertz CT molecular complexity index is 1120. The van der Waals surface area contributed by atoms with Gasteiger partial charge in [0, 0.05) is 31.0 Å². The van der Waals surface area contributed by atoms with Crippen LogP contribution in [0.15, 0.2) is 48.7 Å². The number of carbonyl (C=O) groups is 1. The van der Waals surface area contributed by atoms with E-state index in [9.17, 15) is 4.79 Å². The highest BCUT2D eigenvalue weighted by molar-refractivity contribution is 7.23. The van der Waals surface area contributed by atoms with Crippen molar-refractivity contribution >= 4 is 32.4 Å². The zero-order valence-corrected chi connectivity index (χ0v) is 16.6. The number of nitrogens with zero attached hydrogens (tertiary/aromatic N) is 2. The number of imidazole rings is 1. The van der Waals surface area contributed by atoms with Crippen molar-refractivity contribution in [2.45, 2.75) is 6.92 Å². The van der Waals surface area contributed by atoms with Crippen LogP contribution in [0.2, 0.25) is 0 Å². The molecule has 144 valence electrons. The Labute approximate surface area is 166 Å². The third kappa shape index (κ3) is 3.58. The number of amides is 1. The van der Waals surface area contributed by atoms with Crippen LogP contribution in [0.3, 0.4) is 0 Å². The third-order valence-electron chi connectivity index (χ3n) is 4.41. The van der Waals surface area contributed by atoms with Crippen molar-refractivity contribution in [3.05, 3.63) is 54.2 Å². The molecule has 28 heavy (non-hydrogen) atoms. The maximum absolute atomic E-state index is 12.2. The summed E-state index contributed by atoms with van der Waals surface area (Å²) in [6.07, 6.45) is 2.03. The summed E-state index contributed by atoms with van der Waals surface area (Å²) in [6, 6.07) is 13.7. The summed E-state index contributed by atoms with van der Waals surface area (Å²) in [5.41, 5.74) is 3.64. The minimum absolute atomic E-state index is 0.0972. The predicted octanol–water partition coefficient (Wildman–Crippen LogP) is 3.99. The molecule has 1 amide bonds. The fourth-order valence-electron chi connectivity index (χ4n) is 3.04. The van der Waals surface area contributed by atoms with Crippen LogP contribution in [0.5, 0.6) is 5.75 Å². The normalized spacial score (nSPS) is 11.2. The SMILES string of the molecule is CCOc1ccc(-c2cn3c(n2)sc2cc(C(=O)NCCOC)ccc23)cc1. The van der Waals surface area contributed by atoms with Crippen molar-refractivity contribution in [3.63, 3.8) is 0 Å². The summed E-state index contributed by atoms with van der Waals surface area (Å²) >= 11 is 1.57. The fourth-order valence-corrected chi connectivity index (χ4v) is 4.09. The molecule has 7 heteroatoms. The molecule has 2 aromatic heterocycles. The van der Waals surface area contributed by atoms with Crippen LogP contribution in [0.25, 0.3) is 26.4 Å². The van der Waals surface area contributed by atoms with Gasteiger partial charge in [-0.3, -0.25) is 9.20 Å². The Morgan fingerprint density at radius 2 is 2.04 bits per heavy atom. The first-order valence-electron chi connectivity index (χ1n) is 9.11. The van der Waals surface area contributed by atoms with Crippen molar-refractivity contribution < 1.29 is 14.3 Å². The molecule has 2 aromatic carbocycles. The summed E-state index contributed by atoms with van der Waals surface area (Å²) in [7, 11) is 1.61. The van der Waals surface area contributed by atoms with Gasteiger partial charge >= 0.3 is 0 Å². The number of fused-ring (bicyclic) bond motifs is 3. The molecule has 0 fully saturated rings. The summed E-state index contributed by atoms with van der Waals surface area (Å²) in [5.74, 6) is 0.758. The number of ether oxygens (including phenoxy) is 2. The second-order valence-corrected chi connectivity index (χ2v) is 7.28. The van der Waals surface area contributed by atoms with Gasteiger partial charge in [0.05, 0.1) is 29.1 Å². The maximum Gasteiger partial charge on any atom is 0.251 e. The van der Waals surface area contributed by atoms with Crippen molar-refractivity contribution in [1.82, 2.24) is 14.7 Å². The lowest BCUT2D eigenvalue weighted by Gasteiger charge is -2.04. The molecule has 0 saturated carbocycles. The van der Waals surface area contributed by atoms with E-state index in [4.69, 9.17) is 14.5 Å². The lowest BCUT2D eigenvalue weighted by Crippen LogP contribution is -2.26. The van der Waals surface area contributed by atoms with Gasteiger partial charge in [0.15, 0.2) is 4.96 Å². The van der Waals surface area contributed by atoms with E-state index in [0.717, 1.165) is 32.2 Å². The summed E-state index contributed by atoms with van der Waals surface area (Å²) in [6.45, 7) is 3.61. The van der Waals surface area contributed by atoms with Gasteiger partial charge in [-0.15, -0.1) is 0 Å². The Morgan fingerprint density at radius 3 is 2.79 bits per heavy atom. The minimum atomic E-state index is -0.0972. The second kappa shape index (κ2) is 8.00. The largest absolute Gasteiger partial charge is 0.494 e. The lowest BCUT2D eigenvalue weighted by atomic mass is 10.1. The number of carbonyl (C=O) groups excluding carboxylic acids is 1. The number of aromatic nitrogens is 2. The Morgan fingerprint density at radius 1 is 1.21 bits per heavy atom. The summed E-state index contributed by atoms with van der Waals surface area (Å²) in [4.78, 5) is 17.9.